The SMILES string of the molecule is CNC(=O)c1c(-c2ccc(F)cc2)oc2cc(N(Cc3ccc(Br)c(C(F)F)c3)[SH](=O)=O)c(C3CC3)cc12. The molecule has 1 aliphatic rings. The Balaban J connectivity index is 1.67. The molecule has 0 atom stereocenters. The molecule has 1 amide bonds. The number of nitrogens with one attached hydrogen (secondary N) is 1. The van der Waals surface area contributed by atoms with E-state index in [2.05, 4.69) is 21.2 Å². The lowest BCUT2D eigenvalue weighted by Crippen LogP contribution is -2.22. The number of carbonyl (C=O) groups is 1. The largest absolute Gasteiger partial charge is 0.455 e. The quantitative estimate of drug-likeness (QED) is 0.218. The smallest absolute Gasteiger partial charge is 0.264 e. The predicted octanol–water partition coefficient (Wildman–Crippen LogP) is 6.71. The molecule has 0 unspecified atom stereocenters. The standard InChI is InChI=1S/C27H22BrF3N2O4S/c1-32-27(34)24-20-11-18(15-3-4-15)22(12-23(20)37-25(24)16-5-7-17(29)8-6-16)33(38(35)36)13-14-2-9-21(28)19(10-14)26(30)31/h2,5-12,15,26,38H,3-4,13H2,1H3,(H,32,34). The Morgan fingerprint density at radius 1 is 1.13 bits per heavy atom. The monoisotopic (exact) mass is 606 g/mol. The minimum atomic E-state index is -3.16. The molecule has 11 heteroatoms. The Hall–Kier alpha value is -3.31. The van der Waals surface area contributed by atoms with Gasteiger partial charge in [-0.15, -0.1) is 0 Å². The van der Waals surface area contributed by atoms with Crippen molar-refractivity contribution in [1.29, 1.82) is 0 Å². The maximum absolute atomic E-state index is 13.6. The third kappa shape index (κ3) is 5.04. The summed E-state index contributed by atoms with van der Waals surface area (Å²) in [6.45, 7) is -0.162. The van der Waals surface area contributed by atoms with E-state index in [0.717, 1.165) is 22.7 Å². The van der Waals surface area contributed by atoms with Crippen LogP contribution in [0.3, 0.4) is 0 Å². The molecule has 3 aromatic carbocycles. The maximum Gasteiger partial charge on any atom is 0.264 e. The normalized spacial score (nSPS) is 13.4. The molecule has 1 fully saturated rings. The third-order valence-electron chi connectivity index (χ3n) is 6.52. The lowest BCUT2D eigenvalue weighted by Gasteiger charge is -2.22. The van der Waals surface area contributed by atoms with Gasteiger partial charge in [0.05, 0.1) is 17.8 Å². The summed E-state index contributed by atoms with van der Waals surface area (Å²) in [6, 6.07) is 13.2. The second kappa shape index (κ2) is 10.5. The van der Waals surface area contributed by atoms with Crippen molar-refractivity contribution in [1.82, 2.24) is 5.32 Å². The molecule has 4 aromatic rings. The molecule has 0 saturated heterocycles. The summed E-state index contributed by atoms with van der Waals surface area (Å²) in [5, 5.41) is 3.11. The van der Waals surface area contributed by atoms with Gasteiger partial charge < -0.3 is 9.73 Å². The number of carbonyl (C=O) groups excluding carboxylic acids is 1. The average Bonchev–Trinajstić information content (AvgIpc) is 3.67. The molecule has 5 rings (SSSR count). The Labute approximate surface area is 226 Å². The van der Waals surface area contributed by atoms with Gasteiger partial charge in [0.2, 0.25) is 10.9 Å². The van der Waals surface area contributed by atoms with Crippen LogP contribution in [-0.2, 0) is 17.4 Å². The highest BCUT2D eigenvalue weighted by molar-refractivity contribution is 9.10. The van der Waals surface area contributed by atoms with Gasteiger partial charge in [-0.1, -0.05) is 22.0 Å². The first kappa shape index (κ1) is 26.3. The number of fused-ring (bicyclic) bond motifs is 1. The van der Waals surface area contributed by atoms with Gasteiger partial charge in [-0.25, -0.2) is 21.6 Å². The highest BCUT2D eigenvalue weighted by atomic mass is 79.9. The Kier molecular flexibility index (Phi) is 7.23. The van der Waals surface area contributed by atoms with Gasteiger partial charge >= 0.3 is 0 Å². The van der Waals surface area contributed by atoms with Gasteiger partial charge in [0.1, 0.15) is 17.2 Å². The molecule has 38 heavy (non-hydrogen) atoms. The van der Waals surface area contributed by atoms with E-state index in [4.69, 9.17) is 4.42 Å². The van der Waals surface area contributed by atoms with Crippen molar-refractivity contribution >= 4 is 49.4 Å². The van der Waals surface area contributed by atoms with E-state index in [1.54, 1.807) is 18.2 Å². The Bertz CT molecular complexity index is 1610. The molecular formula is C27H22BrF3N2O4S. The van der Waals surface area contributed by atoms with Crippen LogP contribution in [0.25, 0.3) is 22.3 Å². The number of anilines is 1. The molecular weight excluding hydrogens is 585 g/mol. The molecule has 6 nitrogen and oxygen atoms in total. The minimum Gasteiger partial charge on any atom is -0.455 e. The fourth-order valence-electron chi connectivity index (χ4n) is 4.51. The molecule has 0 bridgehead atoms. The van der Waals surface area contributed by atoms with Crippen molar-refractivity contribution in [3.05, 3.63) is 87.1 Å². The zero-order valence-electron chi connectivity index (χ0n) is 20.0. The molecule has 1 aromatic heterocycles. The van der Waals surface area contributed by atoms with Crippen LogP contribution in [0.2, 0.25) is 0 Å². The van der Waals surface area contributed by atoms with Crippen LogP contribution in [0, 0.1) is 5.82 Å². The number of nitrogens with zero attached hydrogens (tertiary/aromatic N) is 1. The minimum absolute atomic E-state index is 0.0788. The van der Waals surface area contributed by atoms with Crippen molar-refractivity contribution in [2.75, 3.05) is 11.4 Å². The number of halogens is 4. The van der Waals surface area contributed by atoms with Crippen LogP contribution in [0.4, 0.5) is 18.9 Å². The zero-order chi connectivity index (χ0) is 27.1. The highest BCUT2D eigenvalue weighted by Gasteiger charge is 2.32. The van der Waals surface area contributed by atoms with E-state index < -0.39 is 29.0 Å². The van der Waals surface area contributed by atoms with Crippen LogP contribution in [0.1, 0.15) is 52.2 Å². The topological polar surface area (TPSA) is 79.6 Å². The van der Waals surface area contributed by atoms with Crippen LogP contribution >= 0.6 is 15.9 Å². The van der Waals surface area contributed by atoms with Gasteiger partial charge in [-0.3, -0.25) is 9.10 Å². The number of furan rings is 1. The maximum atomic E-state index is 13.6. The summed E-state index contributed by atoms with van der Waals surface area (Å²) in [5.74, 6) is -0.540. The van der Waals surface area contributed by atoms with Crippen molar-refractivity contribution in [2.45, 2.75) is 31.7 Å². The lowest BCUT2D eigenvalue weighted by molar-refractivity contribution is 0.0964. The molecule has 1 heterocycles. The molecule has 198 valence electrons. The number of hydrogen-bond donors (Lipinski definition) is 2. The Morgan fingerprint density at radius 2 is 1.84 bits per heavy atom. The van der Waals surface area contributed by atoms with Gasteiger partial charge in [-0.2, -0.15) is 0 Å². The van der Waals surface area contributed by atoms with Crippen molar-refractivity contribution < 1.29 is 30.8 Å². The summed E-state index contributed by atoms with van der Waals surface area (Å²) < 4.78 is 72.9. The lowest BCUT2D eigenvalue weighted by atomic mass is 10.00. The van der Waals surface area contributed by atoms with Crippen molar-refractivity contribution in [3.8, 4) is 11.3 Å². The van der Waals surface area contributed by atoms with E-state index in [-0.39, 0.29) is 39.4 Å². The average molecular weight is 607 g/mol. The highest BCUT2D eigenvalue weighted by Crippen LogP contribution is 2.48. The molecule has 0 spiro atoms. The van der Waals surface area contributed by atoms with Crippen molar-refractivity contribution in [3.63, 3.8) is 0 Å². The summed E-state index contributed by atoms with van der Waals surface area (Å²) >= 11 is 3.11. The van der Waals surface area contributed by atoms with E-state index in [1.807, 2.05) is 0 Å². The summed E-state index contributed by atoms with van der Waals surface area (Å²) in [7, 11) is -1.67. The fourth-order valence-corrected chi connectivity index (χ4v) is 5.56. The van der Waals surface area contributed by atoms with Crippen LogP contribution < -0.4 is 9.62 Å². The number of amides is 1. The van der Waals surface area contributed by atoms with Gasteiger partial charge in [-0.05, 0) is 72.4 Å². The predicted molar refractivity (Wildman–Crippen MR) is 143 cm³/mol. The fraction of sp³-hybridized carbons (Fsp3) is 0.222. The van der Waals surface area contributed by atoms with E-state index in [9.17, 15) is 26.4 Å². The summed E-state index contributed by atoms with van der Waals surface area (Å²) in [6.07, 6.45) is -1.05. The summed E-state index contributed by atoms with van der Waals surface area (Å²) in [5.41, 5.74) is 2.26. The number of rotatable bonds is 8. The summed E-state index contributed by atoms with van der Waals surface area (Å²) in [4.78, 5) is 12.9. The zero-order valence-corrected chi connectivity index (χ0v) is 22.5. The van der Waals surface area contributed by atoms with Crippen LogP contribution in [0.5, 0.6) is 0 Å². The molecule has 0 aliphatic heterocycles. The number of thiol groups is 1. The first-order valence-corrected chi connectivity index (χ1v) is 13.7. The van der Waals surface area contributed by atoms with Gasteiger partial charge in [0.25, 0.3) is 12.3 Å². The van der Waals surface area contributed by atoms with Crippen LogP contribution in [-0.4, -0.2) is 21.4 Å². The molecule has 0 radical (unpaired) electrons. The molecule has 1 aliphatic carbocycles. The second-order valence-corrected chi connectivity index (χ2v) is 10.8. The van der Waals surface area contributed by atoms with E-state index >= 15 is 0 Å². The number of alkyl halides is 2. The molecule has 1 saturated carbocycles. The molecule has 1 N–H and O–H groups in total. The number of hydrogen-bond acceptors (Lipinski definition) is 4. The first-order chi connectivity index (χ1) is 18.2. The van der Waals surface area contributed by atoms with E-state index in [0.29, 0.717) is 22.2 Å². The van der Waals surface area contributed by atoms with E-state index in [1.165, 1.54) is 43.4 Å². The first-order valence-electron chi connectivity index (χ1n) is 11.7. The van der Waals surface area contributed by atoms with Crippen LogP contribution in [0.15, 0.2) is 63.5 Å². The van der Waals surface area contributed by atoms with Gasteiger partial charge in [0.15, 0.2) is 0 Å². The van der Waals surface area contributed by atoms with Gasteiger partial charge in [0, 0.05) is 34.1 Å². The van der Waals surface area contributed by atoms with Crippen molar-refractivity contribution in [2.24, 2.45) is 0 Å². The third-order valence-corrected chi connectivity index (χ3v) is 7.99. The second-order valence-electron chi connectivity index (χ2n) is 9.03. The Morgan fingerprint density at radius 3 is 2.45 bits per heavy atom. The number of benzene rings is 3.